The molecular weight excluding hydrogens is 709 g/mol. The van der Waals surface area contributed by atoms with Crippen LogP contribution in [0, 0.1) is 5.92 Å². The average Bonchev–Trinajstić information content (AvgIpc) is 3.19. The van der Waals surface area contributed by atoms with Crippen LogP contribution in [0.15, 0.2) is 0 Å². The third-order valence-electron chi connectivity index (χ3n) is 11.5. The van der Waals surface area contributed by atoms with Crippen molar-refractivity contribution in [2.75, 3.05) is 13.2 Å². The molecule has 0 aliphatic rings. The van der Waals surface area contributed by atoms with Gasteiger partial charge in [-0.3, -0.25) is 14.4 Å². The standard InChI is InChI=1S/C51H98O6/c1-5-7-9-11-13-14-15-20-24-27-31-34-38-42-49(52)55-45-48(57-51(54)44-40-36-29-12-10-8-6-2)46-56-50(53)43-39-35-32-28-25-22-19-17-16-18-21-23-26-30-33-37-41-47(3)4/h47-48H,5-46H2,1-4H3/t48-/m0/s1. The highest BCUT2D eigenvalue weighted by atomic mass is 16.6. The molecular formula is C51H98O6. The van der Waals surface area contributed by atoms with Gasteiger partial charge in [0.15, 0.2) is 6.10 Å². The van der Waals surface area contributed by atoms with E-state index in [9.17, 15) is 14.4 Å². The zero-order valence-electron chi connectivity index (χ0n) is 38.8. The van der Waals surface area contributed by atoms with Gasteiger partial charge in [0.05, 0.1) is 0 Å². The van der Waals surface area contributed by atoms with Gasteiger partial charge in [-0.25, -0.2) is 0 Å². The Morgan fingerprint density at radius 1 is 0.333 bits per heavy atom. The molecule has 0 N–H and O–H groups in total. The Hall–Kier alpha value is -1.59. The Morgan fingerprint density at radius 2 is 0.579 bits per heavy atom. The molecule has 0 spiro atoms. The Morgan fingerprint density at radius 3 is 0.860 bits per heavy atom. The molecule has 0 heterocycles. The molecule has 6 nitrogen and oxygen atoms in total. The van der Waals surface area contributed by atoms with Crippen molar-refractivity contribution in [3.05, 3.63) is 0 Å². The minimum absolute atomic E-state index is 0.0634. The molecule has 338 valence electrons. The van der Waals surface area contributed by atoms with Gasteiger partial charge in [0.1, 0.15) is 13.2 Å². The molecule has 0 aliphatic carbocycles. The van der Waals surface area contributed by atoms with E-state index in [1.165, 1.54) is 180 Å². The number of rotatable bonds is 46. The lowest BCUT2D eigenvalue weighted by Crippen LogP contribution is -2.30. The fourth-order valence-electron chi connectivity index (χ4n) is 7.69. The Balaban J connectivity index is 4.14. The second-order valence-corrected chi connectivity index (χ2v) is 17.9. The van der Waals surface area contributed by atoms with E-state index in [1.54, 1.807) is 0 Å². The smallest absolute Gasteiger partial charge is 0.306 e. The molecule has 0 fully saturated rings. The zero-order chi connectivity index (χ0) is 41.7. The first-order valence-corrected chi connectivity index (χ1v) is 25.4. The molecule has 0 radical (unpaired) electrons. The summed E-state index contributed by atoms with van der Waals surface area (Å²) in [7, 11) is 0. The van der Waals surface area contributed by atoms with Gasteiger partial charge in [-0.1, -0.05) is 246 Å². The summed E-state index contributed by atoms with van der Waals surface area (Å²) in [6, 6.07) is 0. The summed E-state index contributed by atoms with van der Waals surface area (Å²) in [6.07, 6.45) is 46.7. The molecule has 0 saturated carbocycles. The molecule has 0 aromatic heterocycles. The van der Waals surface area contributed by atoms with Crippen LogP contribution in [0.1, 0.15) is 285 Å². The summed E-state index contributed by atoms with van der Waals surface area (Å²) in [5, 5.41) is 0. The maximum absolute atomic E-state index is 12.6. The van der Waals surface area contributed by atoms with E-state index in [1.807, 2.05) is 0 Å². The number of hydrogen-bond acceptors (Lipinski definition) is 6. The fourth-order valence-corrected chi connectivity index (χ4v) is 7.69. The van der Waals surface area contributed by atoms with Crippen molar-refractivity contribution in [2.24, 2.45) is 5.92 Å². The minimum Gasteiger partial charge on any atom is -0.462 e. The van der Waals surface area contributed by atoms with E-state index < -0.39 is 6.10 Å². The zero-order valence-corrected chi connectivity index (χ0v) is 38.8. The lowest BCUT2D eigenvalue weighted by atomic mass is 10.0. The second-order valence-electron chi connectivity index (χ2n) is 17.9. The van der Waals surface area contributed by atoms with Crippen molar-refractivity contribution in [1.29, 1.82) is 0 Å². The van der Waals surface area contributed by atoms with Crippen molar-refractivity contribution in [2.45, 2.75) is 291 Å². The predicted octanol–water partition coefficient (Wildman–Crippen LogP) is 16.3. The van der Waals surface area contributed by atoms with Crippen molar-refractivity contribution in [3.8, 4) is 0 Å². The normalized spacial score (nSPS) is 11.9. The van der Waals surface area contributed by atoms with Crippen LogP contribution >= 0.6 is 0 Å². The van der Waals surface area contributed by atoms with Gasteiger partial charge in [0, 0.05) is 19.3 Å². The quantitative estimate of drug-likeness (QED) is 0.0346. The largest absolute Gasteiger partial charge is 0.462 e. The predicted molar refractivity (Wildman–Crippen MR) is 243 cm³/mol. The number of ether oxygens (including phenoxy) is 3. The monoisotopic (exact) mass is 807 g/mol. The fraction of sp³-hybridized carbons (Fsp3) is 0.941. The highest BCUT2D eigenvalue weighted by molar-refractivity contribution is 5.71. The highest BCUT2D eigenvalue weighted by Crippen LogP contribution is 2.17. The van der Waals surface area contributed by atoms with E-state index in [4.69, 9.17) is 14.2 Å². The van der Waals surface area contributed by atoms with Crippen LogP contribution in [0.25, 0.3) is 0 Å². The third kappa shape index (κ3) is 45.3. The van der Waals surface area contributed by atoms with E-state index >= 15 is 0 Å². The molecule has 0 amide bonds. The molecule has 0 bridgehead atoms. The van der Waals surface area contributed by atoms with Crippen molar-refractivity contribution >= 4 is 17.9 Å². The third-order valence-corrected chi connectivity index (χ3v) is 11.5. The van der Waals surface area contributed by atoms with E-state index in [0.29, 0.717) is 19.3 Å². The number of hydrogen-bond donors (Lipinski definition) is 0. The highest BCUT2D eigenvalue weighted by Gasteiger charge is 2.19. The summed E-state index contributed by atoms with van der Waals surface area (Å²) in [5.74, 6) is -0.0000131. The molecule has 0 saturated heterocycles. The number of unbranched alkanes of at least 4 members (excludes halogenated alkanes) is 33. The van der Waals surface area contributed by atoms with Gasteiger partial charge in [-0.2, -0.15) is 0 Å². The molecule has 57 heavy (non-hydrogen) atoms. The van der Waals surface area contributed by atoms with Crippen LogP contribution < -0.4 is 0 Å². The lowest BCUT2D eigenvalue weighted by molar-refractivity contribution is -0.167. The van der Waals surface area contributed by atoms with Gasteiger partial charge < -0.3 is 14.2 Å². The number of carbonyl (C=O) groups excluding carboxylic acids is 3. The molecule has 0 unspecified atom stereocenters. The van der Waals surface area contributed by atoms with Crippen LogP contribution in [0.4, 0.5) is 0 Å². The lowest BCUT2D eigenvalue weighted by Gasteiger charge is -2.18. The maximum Gasteiger partial charge on any atom is 0.306 e. The Labute approximate surface area is 355 Å². The van der Waals surface area contributed by atoms with E-state index in [-0.39, 0.29) is 31.1 Å². The van der Waals surface area contributed by atoms with Crippen molar-refractivity contribution in [3.63, 3.8) is 0 Å². The summed E-state index contributed by atoms with van der Waals surface area (Å²) >= 11 is 0. The SMILES string of the molecule is CCCCCCCCCCCCCCCC(=O)OC[C@@H](COC(=O)CCCCCCCCCCCCCCCCCCC(C)C)OC(=O)CCCCCCCCC. The van der Waals surface area contributed by atoms with E-state index in [2.05, 4.69) is 27.7 Å². The van der Waals surface area contributed by atoms with Crippen LogP contribution in [0.3, 0.4) is 0 Å². The van der Waals surface area contributed by atoms with Crippen molar-refractivity contribution < 1.29 is 28.6 Å². The summed E-state index contributed by atoms with van der Waals surface area (Å²) in [5.41, 5.74) is 0. The van der Waals surface area contributed by atoms with Crippen LogP contribution in [0.5, 0.6) is 0 Å². The summed E-state index contributed by atoms with van der Waals surface area (Å²) < 4.78 is 16.7. The Kier molecular flexibility index (Phi) is 44.2. The van der Waals surface area contributed by atoms with Crippen LogP contribution in [-0.4, -0.2) is 37.2 Å². The van der Waals surface area contributed by atoms with Crippen LogP contribution in [-0.2, 0) is 28.6 Å². The summed E-state index contributed by atoms with van der Waals surface area (Å²) in [6.45, 7) is 9.00. The van der Waals surface area contributed by atoms with Gasteiger partial charge >= 0.3 is 17.9 Å². The van der Waals surface area contributed by atoms with Crippen LogP contribution in [0.2, 0.25) is 0 Å². The maximum atomic E-state index is 12.6. The van der Waals surface area contributed by atoms with Crippen molar-refractivity contribution in [1.82, 2.24) is 0 Å². The first-order chi connectivity index (χ1) is 27.9. The first-order valence-electron chi connectivity index (χ1n) is 25.4. The minimum atomic E-state index is -0.758. The average molecular weight is 807 g/mol. The second kappa shape index (κ2) is 45.5. The molecule has 6 heteroatoms. The number of carbonyl (C=O) groups is 3. The van der Waals surface area contributed by atoms with Gasteiger partial charge in [-0.15, -0.1) is 0 Å². The summed E-state index contributed by atoms with van der Waals surface area (Å²) in [4.78, 5) is 37.7. The molecule has 0 aromatic carbocycles. The first kappa shape index (κ1) is 55.4. The molecule has 0 rings (SSSR count). The topological polar surface area (TPSA) is 78.9 Å². The molecule has 1 atom stereocenters. The number of esters is 3. The molecule has 0 aliphatic heterocycles. The Bertz CT molecular complexity index is 857. The van der Waals surface area contributed by atoms with E-state index in [0.717, 1.165) is 63.7 Å². The van der Waals surface area contributed by atoms with Gasteiger partial charge in [-0.05, 0) is 25.2 Å². The van der Waals surface area contributed by atoms with Gasteiger partial charge in [0.25, 0.3) is 0 Å². The van der Waals surface area contributed by atoms with Gasteiger partial charge in [0.2, 0.25) is 0 Å². The molecule has 0 aromatic rings.